The second-order valence-electron chi connectivity index (χ2n) is 6.25. The van der Waals surface area contributed by atoms with E-state index < -0.39 is 5.97 Å². The third kappa shape index (κ3) is 4.23. The first-order valence-corrected chi connectivity index (χ1v) is 10.4. The quantitative estimate of drug-likeness (QED) is 0.418. The molecule has 0 aliphatic rings. The molecular weight excluding hydrogens is 400 g/mol. The first-order chi connectivity index (χ1) is 14.7. The summed E-state index contributed by atoms with van der Waals surface area (Å²) in [5.74, 6) is 1.16. The highest BCUT2D eigenvalue weighted by Crippen LogP contribution is 2.32. The predicted molar refractivity (Wildman–Crippen MR) is 117 cm³/mol. The third-order valence-corrected chi connectivity index (χ3v) is 5.15. The number of hydrogen-bond donors (Lipinski definition) is 1. The van der Waals surface area contributed by atoms with Crippen molar-refractivity contribution in [1.29, 1.82) is 0 Å². The van der Waals surface area contributed by atoms with Crippen molar-refractivity contribution >= 4 is 38.5 Å². The number of benzene rings is 2. The average Bonchev–Trinajstić information content (AvgIpc) is 3.16. The summed E-state index contributed by atoms with van der Waals surface area (Å²) >= 11 is 1.45. The zero-order chi connectivity index (χ0) is 20.9. The van der Waals surface area contributed by atoms with Gasteiger partial charge in [-0.3, -0.25) is 0 Å². The molecule has 4 rings (SSSR count). The Morgan fingerprint density at radius 1 is 1.07 bits per heavy atom. The molecule has 1 N–H and O–H groups in total. The smallest absolute Gasteiger partial charge is 0.343 e. The zero-order valence-electron chi connectivity index (χ0n) is 16.6. The molecule has 2 heterocycles. The Bertz CT molecular complexity index is 1180. The maximum atomic E-state index is 12.4. The van der Waals surface area contributed by atoms with Crippen LogP contribution in [-0.2, 0) is 4.74 Å². The number of nitrogens with zero attached hydrogens (tertiary/aromatic N) is 3. The predicted octanol–water partition coefficient (Wildman–Crippen LogP) is 5.07. The number of esters is 1. The van der Waals surface area contributed by atoms with Gasteiger partial charge in [-0.25, -0.2) is 19.7 Å². The molecule has 0 bridgehead atoms. The molecule has 0 fully saturated rings. The van der Waals surface area contributed by atoms with Crippen LogP contribution in [0, 0.1) is 0 Å². The van der Waals surface area contributed by atoms with Crippen LogP contribution in [0.1, 0.15) is 24.2 Å². The highest BCUT2D eigenvalue weighted by atomic mass is 32.1. The summed E-state index contributed by atoms with van der Waals surface area (Å²) < 4.78 is 11.7. The van der Waals surface area contributed by atoms with E-state index in [1.54, 1.807) is 6.92 Å². The van der Waals surface area contributed by atoms with Crippen LogP contribution in [0.4, 0.5) is 10.9 Å². The maximum absolute atomic E-state index is 12.4. The molecule has 0 radical (unpaired) electrons. The lowest BCUT2D eigenvalue weighted by atomic mass is 10.2. The highest BCUT2D eigenvalue weighted by Gasteiger charge is 2.18. The SMILES string of the molecule is CCOC(=O)c1cnc(-c2ccccc2)nc1Nc1nc2ccc(OCC)cc2s1. The van der Waals surface area contributed by atoms with E-state index >= 15 is 0 Å². The van der Waals surface area contributed by atoms with Crippen molar-refractivity contribution in [2.24, 2.45) is 0 Å². The van der Waals surface area contributed by atoms with Gasteiger partial charge < -0.3 is 14.8 Å². The van der Waals surface area contributed by atoms with Crippen LogP contribution in [0.2, 0.25) is 0 Å². The normalized spacial score (nSPS) is 10.7. The van der Waals surface area contributed by atoms with Crippen molar-refractivity contribution in [2.75, 3.05) is 18.5 Å². The van der Waals surface area contributed by atoms with Crippen LogP contribution in [-0.4, -0.2) is 34.1 Å². The first-order valence-electron chi connectivity index (χ1n) is 9.58. The Morgan fingerprint density at radius 3 is 2.67 bits per heavy atom. The van der Waals surface area contributed by atoms with Gasteiger partial charge in [0.2, 0.25) is 0 Å². The lowest BCUT2D eigenvalue weighted by Crippen LogP contribution is -2.11. The summed E-state index contributed by atoms with van der Waals surface area (Å²) in [4.78, 5) is 25.9. The average molecular weight is 420 g/mol. The summed E-state index contributed by atoms with van der Waals surface area (Å²) in [6.07, 6.45) is 1.48. The van der Waals surface area contributed by atoms with Gasteiger partial charge in [-0.15, -0.1) is 0 Å². The molecule has 0 saturated carbocycles. The van der Waals surface area contributed by atoms with Crippen LogP contribution in [0.25, 0.3) is 21.6 Å². The number of carbonyl (C=O) groups is 1. The minimum Gasteiger partial charge on any atom is -0.494 e. The second-order valence-corrected chi connectivity index (χ2v) is 7.28. The number of fused-ring (bicyclic) bond motifs is 1. The molecule has 0 saturated heterocycles. The summed E-state index contributed by atoms with van der Waals surface area (Å²) in [6.45, 7) is 4.56. The van der Waals surface area contributed by atoms with E-state index in [1.165, 1.54) is 17.5 Å². The number of anilines is 2. The molecule has 0 spiro atoms. The van der Waals surface area contributed by atoms with Crippen LogP contribution in [0.15, 0.2) is 54.7 Å². The number of hydrogen-bond acceptors (Lipinski definition) is 8. The molecule has 0 aliphatic heterocycles. The molecule has 2 aromatic carbocycles. The van der Waals surface area contributed by atoms with Crippen LogP contribution in [0.5, 0.6) is 5.75 Å². The summed E-state index contributed by atoms with van der Waals surface area (Å²) in [5, 5.41) is 3.79. The molecule has 0 unspecified atom stereocenters. The largest absolute Gasteiger partial charge is 0.494 e. The molecule has 2 aromatic heterocycles. The van der Waals surface area contributed by atoms with E-state index in [0.717, 1.165) is 21.5 Å². The zero-order valence-corrected chi connectivity index (χ0v) is 17.4. The Morgan fingerprint density at radius 2 is 1.90 bits per heavy atom. The topological polar surface area (TPSA) is 86.2 Å². The fraction of sp³-hybridized carbons (Fsp3) is 0.182. The standard InChI is InChI=1S/C22H20N4O3S/c1-3-28-15-10-11-17-18(12-15)30-22(24-17)26-20-16(21(27)29-4-2)13-23-19(25-20)14-8-6-5-7-9-14/h5-13H,3-4H2,1-2H3,(H,23,24,25,26). The Kier molecular flexibility index (Phi) is 5.85. The molecule has 7 nitrogen and oxygen atoms in total. The van der Waals surface area contributed by atoms with Gasteiger partial charge in [-0.1, -0.05) is 41.7 Å². The van der Waals surface area contributed by atoms with Crippen molar-refractivity contribution < 1.29 is 14.3 Å². The van der Waals surface area contributed by atoms with E-state index in [-0.39, 0.29) is 12.2 Å². The van der Waals surface area contributed by atoms with Gasteiger partial charge in [0.25, 0.3) is 0 Å². The van der Waals surface area contributed by atoms with Gasteiger partial charge in [0.1, 0.15) is 11.3 Å². The Balaban J connectivity index is 1.72. The van der Waals surface area contributed by atoms with Crippen LogP contribution in [0.3, 0.4) is 0 Å². The molecule has 8 heteroatoms. The third-order valence-electron chi connectivity index (χ3n) is 4.21. The van der Waals surface area contributed by atoms with E-state index in [1.807, 2.05) is 55.5 Å². The molecule has 0 amide bonds. The van der Waals surface area contributed by atoms with E-state index in [2.05, 4.69) is 20.3 Å². The number of aromatic nitrogens is 3. The minimum absolute atomic E-state index is 0.255. The van der Waals surface area contributed by atoms with Crippen LogP contribution >= 0.6 is 11.3 Å². The molecule has 4 aromatic rings. The van der Waals surface area contributed by atoms with E-state index in [0.29, 0.717) is 23.4 Å². The molecular formula is C22H20N4O3S. The van der Waals surface area contributed by atoms with E-state index in [4.69, 9.17) is 9.47 Å². The van der Waals surface area contributed by atoms with Crippen molar-refractivity contribution in [3.63, 3.8) is 0 Å². The Hall–Kier alpha value is -3.52. The van der Waals surface area contributed by atoms with Gasteiger partial charge >= 0.3 is 5.97 Å². The van der Waals surface area contributed by atoms with Gasteiger partial charge in [0.15, 0.2) is 16.8 Å². The lowest BCUT2D eigenvalue weighted by molar-refractivity contribution is 0.0526. The van der Waals surface area contributed by atoms with Crippen molar-refractivity contribution in [3.8, 4) is 17.1 Å². The molecule has 0 aliphatic carbocycles. The number of nitrogens with one attached hydrogen (secondary N) is 1. The molecule has 152 valence electrons. The second kappa shape index (κ2) is 8.87. The number of carbonyl (C=O) groups excluding carboxylic acids is 1. The van der Waals surface area contributed by atoms with E-state index in [9.17, 15) is 4.79 Å². The molecule has 30 heavy (non-hydrogen) atoms. The first kappa shape index (κ1) is 19.8. The number of ether oxygens (including phenoxy) is 2. The monoisotopic (exact) mass is 420 g/mol. The minimum atomic E-state index is -0.487. The fourth-order valence-corrected chi connectivity index (χ4v) is 3.77. The van der Waals surface area contributed by atoms with Crippen LogP contribution < -0.4 is 10.1 Å². The highest BCUT2D eigenvalue weighted by molar-refractivity contribution is 7.22. The van der Waals surface area contributed by atoms with Gasteiger partial charge in [0, 0.05) is 11.8 Å². The van der Waals surface area contributed by atoms with Crippen molar-refractivity contribution in [3.05, 3.63) is 60.3 Å². The number of thiazole rings is 1. The lowest BCUT2D eigenvalue weighted by Gasteiger charge is -2.10. The van der Waals surface area contributed by atoms with Gasteiger partial charge in [-0.2, -0.15) is 0 Å². The molecule has 0 atom stereocenters. The summed E-state index contributed by atoms with van der Waals surface area (Å²) in [5.41, 5.74) is 1.94. The van der Waals surface area contributed by atoms with Crippen molar-refractivity contribution in [1.82, 2.24) is 15.0 Å². The van der Waals surface area contributed by atoms with Gasteiger partial charge in [-0.05, 0) is 32.0 Å². The van der Waals surface area contributed by atoms with Crippen molar-refractivity contribution in [2.45, 2.75) is 13.8 Å². The summed E-state index contributed by atoms with van der Waals surface area (Å²) in [7, 11) is 0. The summed E-state index contributed by atoms with van der Waals surface area (Å²) in [6, 6.07) is 15.3. The fourth-order valence-electron chi connectivity index (χ4n) is 2.88. The number of rotatable bonds is 7. The maximum Gasteiger partial charge on any atom is 0.343 e. The van der Waals surface area contributed by atoms with Gasteiger partial charge in [0.05, 0.1) is 23.4 Å². The Labute approximate surface area is 177 Å².